The Labute approximate surface area is 132 Å². The van der Waals surface area contributed by atoms with Gasteiger partial charge in [0, 0.05) is 0 Å². The van der Waals surface area contributed by atoms with Gasteiger partial charge in [0.15, 0.2) is 0 Å². The number of nitrogens with zero attached hydrogens (tertiary/aromatic N) is 1. The Kier molecular flexibility index (Phi) is 5.96. The first-order chi connectivity index (χ1) is 10.0. The van der Waals surface area contributed by atoms with Crippen molar-refractivity contribution in [1.29, 1.82) is 0 Å². The number of esters is 1. The molecule has 0 N–H and O–H groups in total. The summed E-state index contributed by atoms with van der Waals surface area (Å²) in [7, 11) is -2.14. The van der Waals surface area contributed by atoms with Crippen LogP contribution < -0.4 is 4.31 Å². The molecule has 1 aromatic carbocycles. The van der Waals surface area contributed by atoms with Gasteiger partial charge < -0.3 is 9.47 Å². The highest BCUT2D eigenvalue weighted by Gasteiger charge is 2.19. The second-order valence-electron chi connectivity index (χ2n) is 5.83. The van der Waals surface area contributed by atoms with E-state index in [-0.39, 0.29) is 18.8 Å². The summed E-state index contributed by atoms with van der Waals surface area (Å²) < 4.78 is 35.3. The van der Waals surface area contributed by atoms with E-state index in [1.807, 2.05) is 20.8 Å². The lowest BCUT2D eigenvalue weighted by Gasteiger charge is -2.25. The average Bonchev–Trinajstić information content (AvgIpc) is 2.40. The quantitative estimate of drug-likeness (QED) is 0.747. The minimum Gasteiger partial charge on any atom is -0.465 e. The third kappa shape index (κ3) is 5.65. The van der Waals surface area contributed by atoms with E-state index in [0.29, 0.717) is 11.3 Å². The van der Waals surface area contributed by atoms with Crippen LogP contribution in [0.5, 0.6) is 0 Å². The van der Waals surface area contributed by atoms with Crippen LogP contribution in [0.1, 0.15) is 31.1 Å². The second-order valence-corrected chi connectivity index (χ2v) is 7.74. The molecule has 1 rings (SSSR count). The summed E-state index contributed by atoms with van der Waals surface area (Å²) in [6.07, 6.45) is 1.14. The normalized spacial score (nSPS) is 12.0. The summed E-state index contributed by atoms with van der Waals surface area (Å²) in [5.74, 6) is -0.464. The molecule has 0 atom stereocenters. The number of carbonyl (C=O) groups excluding carboxylic acids is 1. The van der Waals surface area contributed by atoms with Gasteiger partial charge in [0.25, 0.3) is 0 Å². The molecule has 0 amide bonds. The summed E-state index contributed by atoms with van der Waals surface area (Å²) in [5.41, 5.74) is 0.510. The van der Waals surface area contributed by atoms with Gasteiger partial charge in [-0.15, -0.1) is 0 Å². The van der Waals surface area contributed by atoms with Crippen molar-refractivity contribution in [3.8, 4) is 0 Å². The molecule has 0 bridgehead atoms. The monoisotopic (exact) mass is 329 g/mol. The first-order valence-electron chi connectivity index (χ1n) is 6.84. The lowest BCUT2D eigenvalue weighted by Crippen LogP contribution is -2.35. The van der Waals surface area contributed by atoms with Gasteiger partial charge in [0.2, 0.25) is 10.0 Å². The lowest BCUT2D eigenvalue weighted by atomic mass is 10.2. The number of methoxy groups -OCH3 is 1. The molecule has 0 aliphatic heterocycles. The highest BCUT2D eigenvalue weighted by atomic mass is 32.2. The Balaban J connectivity index is 2.91. The van der Waals surface area contributed by atoms with E-state index in [1.165, 1.54) is 23.5 Å². The molecule has 6 nitrogen and oxygen atoms in total. The molecular formula is C15H23NO5S. The van der Waals surface area contributed by atoms with Crippen LogP contribution in [0, 0.1) is 0 Å². The van der Waals surface area contributed by atoms with Crippen LogP contribution in [0.2, 0.25) is 0 Å². The molecule has 22 heavy (non-hydrogen) atoms. The summed E-state index contributed by atoms with van der Waals surface area (Å²) in [6, 6.07) is 6.21. The third-order valence-electron chi connectivity index (χ3n) is 2.81. The van der Waals surface area contributed by atoms with Crippen molar-refractivity contribution < 1.29 is 22.7 Å². The molecule has 0 aromatic heterocycles. The summed E-state index contributed by atoms with van der Waals surface area (Å²) in [6.45, 7) is 6.19. The predicted octanol–water partition coefficient (Wildman–Crippen LogP) is 2.05. The third-order valence-corrected chi connectivity index (χ3v) is 4.00. The molecule has 0 fully saturated rings. The van der Waals surface area contributed by atoms with Crippen LogP contribution in [0.4, 0.5) is 5.69 Å². The van der Waals surface area contributed by atoms with Gasteiger partial charge in [-0.25, -0.2) is 13.2 Å². The highest BCUT2D eigenvalue weighted by molar-refractivity contribution is 7.92. The van der Waals surface area contributed by atoms with Crippen LogP contribution in [0.25, 0.3) is 0 Å². The van der Waals surface area contributed by atoms with E-state index in [4.69, 9.17) is 4.74 Å². The lowest BCUT2D eigenvalue weighted by molar-refractivity contribution is 0.00232. The first kappa shape index (κ1) is 18.4. The Morgan fingerprint density at radius 2 is 1.73 bits per heavy atom. The van der Waals surface area contributed by atoms with E-state index < -0.39 is 16.0 Å². The maximum absolute atomic E-state index is 11.9. The van der Waals surface area contributed by atoms with Crippen molar-refractivity contribution >= 4 is 21.7 Å². The molecule has 0 heterocycles. The Bertz CT molecular complexity index is 602. The Morgan fingerprint density at radius 3 is 2.14 bits per heavy atom. The molecule has 1 aromatic rings. The standard InChI is InChI=1S/C15H23NO5S/c1-15(2,3)21-11-10-16(22(5,18)19)13-8-6-12(7-9-13)14(17)20-4/h6-9H,10-11H2,1-5H3. The molecule has 0 unspecified atom stereocenters. The van der Waals surface area contributed by atoms with Crippen molar-refractivity contribution in [1.82, 2.24) is 0 Å². The number of sulfonamides is 1. The average molecular weight is 329 g/mol. The predicted molar refractivity (Wildman–Crippen MR) is 85.7 cm³/mol. The number of rotatable bonds is 6. The zero-order chi connectivity index (χ0) is 17.0. The van der Waals surface area contributed by atoms with Crippen LogP contribution in [0.15, 0.2) is 24.3 Å². The van der Waals surface area contributed by atoms with Gasteiger partial charge in [-0.2, -0.15) is 0 Å². The molecule has 124 valence electrons. The van der Waals surface area contributed by atoms with E-state index in [9.17, 15) is 13.2 Å². The smallest absolute Gasteiger partial charge is 0.337 e. The molecule has 0 saturated carbocycles. The number of carbonyl (C=O) groups is 1. The molecule has 0 aliphatic carbocycles. The molecular weight excluding hydrogens is 306 g/mol. The largest absolute Gasteiger partial charge is 0.465 e. The molecule has 0 aliphatic rings. The van der Waals surface area contributed by atoms with E-state index >= 15 is 0 Å². The first-order valence-corrected chi connectivity index (χ1v) is 8.69. The van der Waals surface area contributed by atoms with E-state index in [2.05, 4.69) is 4.74 Å². The maximum Gasteiger partial charge on any atom is 0.337 e. The molecule has 0 spiro atoms. The molecule has 7 heteroatoms. The number of hydrogen-bond acceptors (Lipinski definition) is 5. The van der Waals surface area contributed by atoms with E-state index in [1.54, 1.807) is 12.1 Å². The SMILES string of the molecule is COC(=O)c1ccc(N(CCOC(C)(C)C)S(C)(=O)=O)cc1. The number of benzene rings is 1. The van der Waals surface area contributed by atoms with Crippen LogP contribution >= 0.6 is 0 Å². The Morgan fingerprint density at radius 1 is 1.18 bits per heavy atom. The minimum absolute atomic E-state index is 0.202. The van der Waals surface area contributed by atoms with Gasteiger partial charge in [0.05, 0.1) is 43.4 Å². The van der Waals surface area contributed by atoms with Gasteiger partial charge in [-0.1, -0.05) is 0 Å². The number of anilines is 1. The topological polar surface area (TPSA) is 72.9 Å². The van der Waals surface area contributed by atoms with Crippen LogP contribution in [0.3, 0.4) is 0 Å². The van der Waals surface area contributed by atoms with E-state index in [0.717, 1.165) is 6.26 Å². The second kappa shape index (κ2) is 7.11. The Hall–Kier alpha value is -1.60. The summed E-state index contributed by atoms with van der Waals surface area (Å²) >= 11 is 0. The van der Waals surface area contributed by atoms with Gasteiger partial charge >= 0.3 is 5.97 Å². The van der Waals surface area contributed by atoms with Crippen LogP contribution in [-0.2, 0) is 19.5 Å². The van der Waals surface area contributed by atoms with Crippen LogP contribution in [-0.4, -0.2) is 46.5 Å². The fourth-order valence-corrected chi connectivity index (χ4v) is 2.71. The fraction of sp³-hybridized carbons (Fsp3) is 0.533. The van der Waals surface area contributed by atoms with Gasteiger partial charge in [-0.3, -0.25) is 4.31 Å². The van der Waals surface area contributed by atoms with Crippen molar-refractivity contribution in [3.63, 3.8) is 0 Å². The summed E-state index contributed by atoms with van der Waals surface area (Å²) in [4.78, 5) is 11.4. The number of ether oxygens (including phenoxy) is 2. The number of hydrogen-bond donors (Lipinski definition) is 0. The zero-order valence-corrected chi connectivity index (χ0v) is 14.4. The minimum atomic E-state index is -3.44. The summed E-state index contributed by atoms with van der Waals surface area (Å²) in [5, 5.41) is 0. The molecule has 0 radical (unpaired) electrons. The highest BCUT2D eigenvalue weighted by Crippen LogP contribution is 2.19. The van der Waals surface area contributed by atoms with Gasteiger partial charge in [-0.05, 0) is 45.0 Å². The van der Waals surface area contributed by atoms with Crippen molar-refractivity contribution in [2.24, 2.45) is 0 Å². The fourth-order valence-electron chi connectivity index (χ4n) is 1.80. The maximum atomic E-state index is 11.9. The van der Waals surface area contributed by atoms with Crippen molar-refractivity contribution in [3.05, 3.63) is 29.8 Å². The van der Waals surface area contributed by atoms with Crippen molar-refractivity contribution in [2.45, 2.75) is 26.4 Å². The van der Waals surface area contributed by atoms with Gasteiger partial charge in [0.1, 0.15) is 0 Å². The molecule has 0 saturated heterocycles. The van der Waals surface area contributed by atoms with Crippen molar-refractivity contribution in [2.75, 3.05) is 30.8 Å². The zero-order valence-electron chi connectivity index (χ0n) is 13.6.